The Bertz CT molecular complexity index is 1030. The third kappa shape index (κ3) is 9.05. The smallest absolute Gasteiger partial charge is 0.274 e. The maximum absolute atomic E-state index is 12.2. The van der Waals surface area contributed by atoms with E-state index in [1.54, 1.807) is 13.2 Å². The summed E-state index contributed by atoms with van der Waals surface area (Å²) in [4.78, 5) is 24.2. The molecule has 3 N–H and O–H groups in total. The van der Waals surface area contributed by atoms with Crippen molar-refractivity contribution in [1.82, 2.24) is 21.0 Å². The highest BCUT2D eigenvalue weighted by Gasteiger charge is 2.20. The number of aryl methyl sites for hydroxylation is 1. The fraction of sp³-hybridized carbons (Fsp3) is 0.517. The van der Waals surface area contributed by atoms with E-state index in [0.29, 0.717) is 35.7 Å². The Balaban J connectivity index is 1.50. The van der Waals surface area contributed by atoms with E-state index in [9.17, 15) is 4.79 Å². The van der Waals surface area contributed by atoms with Gasteiger partial charge in [0.25, 0.3) is 5.91 Å². The maximum atomic E-state index is 12.2. The number of hydrogen-bond acceptors (Lipinski definition) is 7. The molecule has 1 unspecified atom stereocenters. The number of hydrogen-bond donors (Lipinski definition) is 3. The molecule has 1 aromatic carbocycles. The fourth-order valence-corrected chi connectivity index (χ4v) is 4.57. The summed E-state index contributed by atoms with van der Waals surface area (Å²) in [6.07, 6.45) is 11.4. The number of methoxy groups -OCH3 is 1. The Morgan fingerprint density at radius 3 is 2.46 bits per heavy atom. The van der Waals surface area contributed by atoms with E-state index in [0.717, 1.165) is 49.6 Å². The number of allylic oxidation sites excluding steroid dienone is 1. The van der Waals surface area contributed by atoms with Gasteiger partial charge in [0.05, 0.1) is 20.8 Å². The van der Waals surface area contributed by atoms with Crippen LogP contribution in [0.2, 0.25) is 0 Å². The van der Waals surface area contributed by atoms with Gasteiger partial charge >= 0.3 is 0 Å². The normalized spacial score (nSPS) is 17.3. The quantitative estimate of drug-likeness (QED) is 0.367. The minimum absolute atomic E-state index is 0.300. The zero-order valence-electron chi connectivity index (χ0n) is 23.1. The van der Waals surface area contributed by atoms with Crippen LogP contribution < -0.4 is 20.9 Å². The molecule has 202 valence electrons. The molecule has 0 radical (unpaired) electrons. The van der Waals surface area contributed by atoms with Crippen LogP contribution in [0, 0.1) is 11.8 Å². The summed E-state index contributed by atoms with van der Waals surface area (Å²) in [7, 11) is 3.01. The number of hydroxylamine groups is 1. The minimum atomic E-state index is -0.300. The lowest BCUT2D eigenvalue weighted by Gasteiger charge is -2.33. The second kappa shape index (κ2) is 14.0. The minimum Gasteiger partial charge on any atom is -0.497 e. The summed E-state index contributed by atoms with van der Waals surface area (Å²) < 4.78 is 5.36. The van der Waals surface area contributed by atoms with Crippen LogP contribution in [0.4, 0.5) is 0 Å². The summed E-state index contributed by atoms with van der Waals surface area (Å²) in [6.45, 7) is 12.0. The molecule has 1 aromatic rings. The van der Waals surface area contributed by atoms with E-state index in [-0.39, 0.29) is 5.91 Å². The van der Waals surface area contributed by atoms with Gasteiger partial charge in [-0.15, -0.1) is 0 Å². The molecule has 1 heterocycles. The molecule has 0 aromatic heterocycles. The van der Waals surface area contributed by atoms with Crippen molar-refractivity contribution in [2.75, 3.05) is 33.9 Å². The van der Waals surface area contributed by atoms with E-state index in [1.165, 1.54) is 12.7 Å². The molecule has 0 fully saturated rings. The summed E-state index contributed by atoms with van der Waals surface area (Å²) in [5.74, 6) is 2.41. The number of nitrogens with zero attached hydrogens (tertiary/aromatic N) is 2. The lowest BCUT2D eigenvalue weighted by molar-refractivity contribution is 0.0537. The average molecular weight is 510 g/mol. The topological polar surface area (TPSA) is 87.2 Å². The zero-order chi connectivity index (χ0) is 26.8. The van der Waals surface area contributed by atoms with E-state index < -0.39 is 0 Å². The highest BCUT2D eigenvalue weighted by Crippen LogP contribution is 2.21. The molecule has 3 rings (SSSR count). The third-order valence-corrected chi connectivity index (χ3v) is 6.26. The fourth-order valence-electron chi connectivity index (χ4n) is 4.57. The second-order valence-electron chi connectivity index (χ2n) is 10.5. The van der Waals surface area contributed by atoms with E-state index >= 15 is 0 Å². The van der Waals surface area contributed by atoms with Gasteiger partial charge in [0.15, 0.2) is 5.96 Å². The molecule has 8 nitrogen and oxygen atoms in total. The molecule has 0 spiro atoms. The Kier molecular flexibility index (Phi) is 10.8. The van der Waals surface area contributed by atoms with Crippen LogP contribution in [0.3, 0.4) is 0 Å². The number of benzene rings is 1. The van der Waals surface area contributed by atoms with Crippen molar-refractivity contribution in [2.45, 2.75) is 53.0 Å². The SMILES string of the molecule is CONC(=O)c1cc(CCC2=CNC(NC3=CCC(N(CC(C)C)CC(C)C)C=C3)=NC2)cc(OC)c1. The number of carbonyl (C=O) groups is 1. The first-order valence-corrected chi connectivity index (χ1v) is 13.2. The monoisotopic (exact) mass is 509 g/mol. The third-order valence-electron chi connectivity index (χ3n) is 6.26. The number of carbonyl (C=O) groups excluding carboxylic acids is 1. The highest BCUT2D eigenvalue weighted by atomic mass is 16.6. The van der Waals surface area contributed by atoms with Crippen LogP contribution in [0.1, 0.15) is 56.5 Å². The molecule has 0 saturated heterocycles. The predicted molar refractivity (Wildman–Crippen MR) is 149 cm³/mol. The van der Waals surface area contributed by atoms with Gasteiger partial charge in [-0.1, -0.05) is 39.8 Å². The van der Waals surface area contributed by atoms with E-state index in [2.05, 4.69) is 71.9 Å². The Labute approximate surface area is 221 Å². The number of ether oxygens (including phenoxy) is 1. The number of guanidine groups is 1. The first-order valence-electron chi connectivity index (χ1n) is 13.2. The predicted octanol–water partition coefficient (Wildman–Crippen LogP) is 4.18. The Morgan fingerprint density at radius 1 is 1.14 bits per heavy atom. The number of amides is 1. The van der Waals surface area contributed by atoms with Gasteiger partial charge in [0, 0.05) is 36.6 Å². The molecule has 1 amide bonds. The first-order chi connectivity index (χ1) is 17.8. The molecule has 8 heteroatoms. The van der Waals surface area contributed by atoms with Crippen LogP contribution in [0.5, 0.6) is 5.75 Å². The molecule has 0 bridgehead atoms. The van der Waals surface area contributed by atoms with Crippen molar-refractivity contribution in [3.05, 3.63) is 65.0 Å². The molecule has 1 atom stereocenters. The van der Waals surface area contributed by atoms with Crippen LogP contribution >= 0.6 is 0 Å². The van der Waals surface area contributed by atoms with Crippen LogP contribution in [0.15, 0.2) is 58.9 Å². The van der Waals surface area contributed by atoms with Crippen molar-refractivity contribution in [2.24, 2.45) is 16.8 Å². The Hall–Kier alpha value is -3.10. The highest BCUT2D eigenvalue weighted by molar-refractivity contribution is 5.94. The summed E-state index contributed by atoms with van der Waals surface area (Å²) in [5.41, 5.74) is 6.15. The average Bonchev–Trinajstić information content (AvgIpc) is 2.88. The van der Waals surface area contributed by atoms with Crippen molar-refractivity contribution >= 4 is 11.9 Å². The van der Waals surface area contributed by atoms with Crippen LogP contribution in [0.25, 0.3) is 0 Å². The lowest BCUT2D eigenvalue weighted by Crippen LogP contribution is -2.41. The van der Waals surface area contributed by atoms with Gasteiger partial charge in [-0.25, -0.2) is 10.5 Å². The first kappa shape index (κ1) is 28.5. The zero-order valence-corrected chi connectivity index (χ0v) is 23.1. The second-order valence-corrected chi connectivity index (χ2v) is 10.5. The van der Waals surface area contributed by atoms with Gasteiger partial charge in [-0.3, -0.25) is 14.5 Å². The van der Waals surface area contributed by atoms with Crippen LogP contribution in [-0.2, 0) is 11.3 Å². The summed E-state index contributed by atoms with van der Waals surface area (Å²) in [5, 5.41) is 6.71. The number of rotatable bonds is 12. The standard InChI is InChI=1S/C29H43N5O3/c1-20(2)18-34(19-21(3)4)26-11-9-25(10-12-26)32-29-30-16-23(17-31-29)8-7-22-13-24(28(35)33-37-6)15-27(14-22)36-5/h9-11,13-16,20-21,26H,7-8,12,17-19H2,1-6H3,(H,33,35)(H2,30,31,32). The molecule has 1 aliphatic carbocycles. The van der Waals surface area contributed by atoms with Gasteiger partial charge in [-0.05, 0) is 66.5 Å². The summed E-state index contributed by atoms with van der Waals surface area (Å²) >= 11 is 0. The molecule has 1 aliphatic heterocycles. The lowest BCUT2D eigenvalue weighted by atomic mass is 10.0. The van der Waals surface area contributed by atoms with Crippen molar-refractivity contribution in [3.63, 3.8) is 0 Å². The van der Waals surface area contributed by atoms with Crippen LogP contribution in [-0.4, -0.2) is 56.7 Å². The largest absolute Gasteiger partial charge is 0.497 e. The number of nitrogens with one attached hydrogen (secondary N) is 3. The van der Waals surface area contributed by atoms with Gasteiger partial charge in [0.2, 0.25) is 0 Å². The van der Waals surface area contributed by atoms with Gasteiger partial charge in [-0.2, -0.15) is 0 Å². The van der Waals surface area contributed by atoms with Gasteiger partial charge < -0.3 is 15.4 Å². The van der Waals surface area contributed by atoms with Crippen molar-refractivity contribution in [3.8, 4) is 5.75 Å². The van der Waals surface area contributed by atoms with E-state index in [1.807, 2.05) is 18.3 Å². The molecular formula is C29H43N5O3. The summed E-state index contributed by atoms with van der Waals surface area (Å²) in [6, 6.07) is 5.96. The molecule has 2 aliphatic rings. The van der Waals surface area contributed by atoms with Crippen molar-refractivity contribution in [1.29, 1.82) is 0 Å². The Morgan fingerprint density at radius 2 is 1.89 bits per heavy atom. The molecule has 37 heavy (non-hydrogen) atoms. The van der Waals surface area contributed by atoms with Crippen molar-refractivity contribution < 1.29 is 14.4 Å². The molecule has 0 saturated carbocycles. The maximum Gasteiger partial charge on any atom is 0.274 e. The number of aliphatic imine (C=N–C) groups is 1. The van der Waals surface area contributed by atoms with Gasteiger partial charge in [0.1, 0.15) is 5.75 Å². The van der Waals surface area contributed by atoms with E-state index in [4.69, 9.17) is 9.57 Å². The molecular weight excluding hydrogens is 466 g/mol.